The number of carbonyl (C=O) groups is 2. The van der Waals surface area contributed by atoms with Crippen molar-refractivity contribution in [2.45, 2.75) is 6.92 Å². The van der Waals surface area contributed by atoms with Gasteiger partial charge in [-0.15, -0.1) is 0 Å². The third-order valence-electron chi connectivity index (χ3n) is 3.70. The largest absolute Gasteiger partial charge is 0.322 e. The second-order valence-corrected chi connectivity index (χ2v) is 6.63. The first-order valence-electron chi connectivity index (χ1n) is 7.92. The summed E-state index contributed by atoms with van der Waals surface area (Å²) in [6.45, 7) is 1.98. The van der Waals surface area contributed by atoms with Crippen LogP contribution in [-0.2, 0) is 0 Å². The van der Waals surface area contributed by atoms with Crippen molar-refractivity contribution in [2.24, 2.45) is 0 Å². The Morgan fingerprint density at radius 1 is 0.923 bits per heavy atom. The van der Waals surface area contributed by atoms with Crippen LogP contribution in [0.5, 0.6) is 0 Å². The van der Waals surface area contributed by atoms with Gasteiger partial charge in [0, 0.05) is 22.6 Å². The number of halogens is 1. The fraction of sp³-hybridized carbons (Fsp3) is 0.0500. The number of hydrogen-bond donors (Lipinski definition) is 2. The molecule has 0 aliphatic carbocycles. The fourth-order valence-corrected chi connectivity index (χ4v) is 2.72. The Hall–Kier alpha value is -2.99. The van der Waals surface area contributed by atoms with Crippen LogP contribution in [0.1, 0.15) is 26.3 Å². The van der Waals surface area contributed by atoms with Crippen molar-refractivity contribution < 1.29 is 9.59 Å². The Labute approximate surface area is 159 Å². The standard InChI is InChI=1S/C20H16BrN3O2/c1-13-6-8-16(9-7-13)23-20(26)17-4-2-3-5-18(17)24-19(25)14-10-15(21)12-22-11-14/h2-12H,1H3,(H,23,26)(H,24,25). The molecule has 3 rings (SSSR count). The van der Waals surface area contributed by atoms with E-state index in [4.69, 9.17) is 0 Å². The third-order valence-corrected chi connectivity index (χ3v) is 4.13. The number of nitrogens with zero attached hydrogens (tertiary/aromatic N) is 1. The zero-order valence-corrected chi connectivity index (χ0v) is 15.6. The lowest BCUT2D eigenvalue weighted by Gasteiger charge is -2.12. The van der Waals surface area contributed by atoms with E-state index < -0.39 is 0 Å². The van der Waals surface area contributed by atoms with E-state index in [1.54, 1.807) is 36.5 Å². The Morgan fingerprint density at radius 3 is 2.38 bits per heavy atom. The lowest BCUT2D eigenvalue weighted by molar-refractivity contribution is 0.102. The van der Waals surface area contributed by atoms with Crippen LogP contribution in [0.3, 0.4) is 0 Å². The van der Waals surface area contributed by atoms with Gasteiger partial charge in [0.1, 0.15) is 0 Å². The van der Waals surface area contributed by atoms with E-state index in [2.05, 4.69) is 31.5 Å². The van der Waals surface area contributed by atoms with Crippen molar-refractivity contribution in [3.8, 4) is 0 Å². The van der Waals surface area contributed by atoms with Crippen LogP contribution in [0.2, 0.25) is 0 Å². The molecule has 26 heavy (non-hydrogen) atoms. The number of carbonyl (C=O) groups excluding carboxylic acids is 2. The number of aromatic nitrogens is 1. The summed E-state index contributed by atoms with van der Waals surface area (Å²) in [4.78, 5) is 29.0. The van der Waals surface area contributed by atoms with Gasteiger partial charge in [-0.2, -0.15) is 0 Å². The first-order chi connectivity index (χ1) is 12.5. The van der Waals surface area contributed by atoms with Crippen LogP contribution in [0.4, 0.5) is 11.4 Å². The molecule has 0 fully saturated rings. The molecule has 1 heterocycles. The lowest BCUT2D eigenvalue weighted by Crippen LogP contribution is -2.18. The van der Waals surface area contributed by atoms with Gasteiger partial charge in [-0.25, -0.2) is 0 Å². The molecule has 0 saturated heterocycles. The van der Waals surface area contributed by atoms with E-state index in [1.165, 1.54) is 6.20 Å². The molecule has 130 valence electrons. The Morgan fingerprint density at radius 2 is 1.65 bits per heavy atom. The Bertz CT molecular complexity index is 955. The molecule has 0 bridgehead atoms. The van der Waals surface area contributed by atoms with Gasteiger partial charge >= 0.3 is 0 Å². The maximum absolute atomic E-state index is 12.6. The number of anilines is 2. The van der Waals surface area contributed by atoms with Crippen molar-refractivity contribution in [3.63, 3.8) is 0 Å². The quantitative estimate of drug-likeness (QED) is 0.658. The van der Waals surface area contributed by atoms with Crippen LogP contribution in [-0.4, -0.2) is 16.8 Å². The fourth-order valence-electron chi connectivity index (χ4n) is 2.36. The van der Waals surface area contributed by atoms with Crippen LogP contribution >= 0.6 is 15.9 Å². The van der Waals surface area contributed by atoms with Crippen LogP contribution in [0.25, 0.3) is 0 Å². The van der Waals surface area contributed by atoms with Crippen molar-refractivity contribution >= 4 is 39.1 Å². The predicted molar refractivity (Wildman–Crippen MR) is 105 cm³/mol. The van der Waals surface area contributed by atoms with Crippen LogP contribution in [0.15, 0.2) is 71.5 Å². The van der Waals surface area contributed by atoms with Gasteiger partial charge in [0.15, 0.2) is 0 Å². The highest BCUT2D eigenvalue weighted by Crippen LogP contribution is 2.19. The molecule has 3 aromatic rings. The molecule has 5 nitrogen and oxygen atoms in total. The summed E-state index contributed by atoms with van der Waals surface area (Å²) in [5, 5.41) is 5.61. The van der Waals surface area contributed by atoms with Gasteiger partial charge in [-0.1, -0.05) is 29.8 Å². The highest BCUT2D eigenvalue weighted by atomic mass is 79.9. The van der Waals surface area contributed by atoms with Crippen LogP contribution in [0, 0.1) is 6.92 Å². The van der Waals surface area contributed by atoms with Crippen molar-refractivity contribution in [3.05, 3.63) is 88.2 Å². The van der Waals surface area contributed by atoms with Gasteiger partial charge in [0.05, 0.1) is 16.8 Å². The molecule has 0 unspecified atom stereocenters. The van der Waals surface area contributed by atoms with Gasteiger partial charge < -0.3 is 10.6 Å². The van der Waals surface area contributed by atoms with Crippen molar-refractivity contribution in [2.75, 3.05) is 10.6 Å². The summed E-state index contributed by atoms with van der Waals surface area (Å²) in [7, 11) is 0. The van der Waals surface area contributed by atoms with Crippen molar-refractivity contribution in [1.29, 1.82) is 0 Å². The number of para-hydroxylation sites is 1. The molecule has 1 aromatic heterocycles. The molecule has 0 aliphatic rings. The maximum Gasteiger partial charge on any atom is 0.257 e. The van der Waals surface area contributed by atoms with E-state index >= 15 is 0 Å². The average molecular weight is 410 g/mol. The minimum absolute atomic E-state index is 0.294. The first-order valence-corrected chi connectivity index (χ1v) is 8.71. The molecule has 0 radical (unpaired) electrons. The van der Waals surface area contributed by atoms with E-state index in [1.807, 2.05) is 31.2 Å². The summed E-state index contributed by atoms with van der Waals surface area (Å²) in [6, 6.07) is 16.0. The predicted octanol–water partition coefficient (Wildman–Crippen LogP) is 4.66. The molecule has 0 aliphatic heterocycles. The number of hydrogen-bond acceptors (Lipinski definition) is 3. The first kappa shape index (κ1) is 17.8. The van der Waals surface area contributed by atoms with E-state index in [0.717, 1.165) is 5.56 Å². The summed E-state index contributed by atoms with van der Waals surface area (Å²) in [5.74, 6) is -0.633. The van der Waals surface area contributed by atoms with Crippen LogP contribution < -0.4 is 10.6 Å². The van der Waals surface area contributed by atoms with Gasteiger partial charge in [0.2, 0.25) is 0 Å². The number of nitrogens with one attached hydrogen (secondary N) is 2. The molecule has 6 heteroatoms. The highest BCUT2D eigenvalue weighted by Gasteiger charge is 2.14. The van der Waals surface area contributed by atoms with Gasteiger partial charge in [-0.3, -0.25) is 14.6 Å². The number of rotatable bonds is 4. The average Bonchev–Trinajstić information content (AvgIpc) is 2.64. The number of pyridine rings is 1. The Balaban J connectivity index is 1.80. The van der Waals surface area contributed by atoms with Crippen molar-refractivity contribution in [1.82, 2.24) is 4.98 Å². The number of benzene rings is 2. The number of amides is 2. The molecule has 2 amide bonds. The SMILES string of the molecule is Cc1ccc(NC(=O)c2ccccc2NC(=O)c2cncc(Br)c2)cc1. The van der Waals surface area contributed by atoms with E-state index in [0.29, 0.717) is 27.0 Å². The molecule has 0 atom stereocenters. The summed E-state index contributed by atoms with van der Waals surface area (Å²) >= 11 is 3.29. The lowest BCUT2D eigenvalue weighted by atomic mass is 10.1. The minimum Gasteiger partial charge on any atom is -0.322 e. The molecule has 2 N–H and O–H groups in total. The second-order valence-electron chi connectivity index (χ2n) is 5.71. The Kier molecular flexibility index (Phi) is 5.43. The minimum atomic E-state index is -0.339. The maximum atomic E-state index is 12.6. The molecular weight excluding hydrogens is 394 g/mol. The summed E-state index contributed by atoms with van der Waals surface area (Å²) < 4.78 is 0.704. The molecular formula is C20H16BrN3O2. The number of aryl methyl sites for hydroxylation is 1. The molecule has 0 saturated carbocycles. The van der Waals surface area contributed by atoms with Gasteiger partial charge in [-0.05, 0) is 53.2 Å². The molecule has 0 spiro atoms. The zero-order valence-electron chi connectivity index (χ0n) is 14.0. The highest BCUT2D eigenvalue weighted by molar-refractivity contribution is 9.10. The topological polar surface area (TPSA) is 71.1 Å². The zero-order chi connectivity index (χ0) is 18.5. The smallest absolute Gasteiger partial charge is 0.257 e. The van der Waals surface area contributed by atoms with E-state index in [-0.39, 0.29) is 11.8 Å². The summed E-state index contributed by atoms with van der Waals surface area (Å²) in [5.41, 5.74) is 3.01. The third kappa shape index (κ3) is 4.34. The van der Waals surface area contributed by atoms with Gasteiger partial charge in [0.25, 0.3) is 11.8 Å². The molecule has 2 aromatic carbocycles. The normalized spacial score (nSPS) is 10.2. The summed E-state index contributed by atoms with van der Waals surface area (Å²) in [6.07, 6.45) is 3.06. The van der Waals surface area contributed by atoms with E-state index in [9.17, 15) is 9.59 Å². The second kappa shape index (κ2) is 7.93. The monoisotopic (exact) mass is 409 g/mol.